The van der Waals surface area contributed by atoms with E-state index in [4.69, 9.17) is 9.47 Å². The number of benzene rings is 3. The minimum Gasteiger partial charge on any atom is -0.493 e. The Balaban J connectivity index is 1.36. The van der Waals surface area contributed by atoms with Crippen molar-refractivity contribution in [3.05, 3.63) is 107 Å². The van der Waals surface area contributed by atoms with Gasteiger partial charge < -0.3 is 24.7 Å². The zero-order valence-electron chi connectivity index (χ0n) is 21.2. The van der Waals surface area contributed by atoms with Crippen molar-refractivity contribution in [2.45, 2.75) is 19.9 Å². The highest BCUT2D eigenvalue weighted by molar-refractivity contribution is 6.09. The normalized spacial score (nSPS) is 10.6. The Bertz CT molecular complexity index is 1380. The summed E-state index contributed by atoms with van der Waals surface area (Å²) >= 11 is 0. The van der Waals surface area contributed by atoms with Crippen LogP contribution in [0.5, 0.6) is 11.5 Å². The van der Waals surface area contributed by atoms with Gasteiger partial charge in [-0.05, 0) is 60.9 Å². The van der Waals surface area contributed by atoms with Gasteiger partial charge in [0.25, 0.3) is 11.8 Å². The number of amides is 2. The predicted molar refractivity (Wildman–Crippen MR) is 142 cm³/mol. The monoisotopic (exact) mass is 498 g/mol. The van der Waals surface area contributed by atoms with Crippen LogP contribution in [0.1, 0.15) is 37.7 Å². The van der Waals surface area contributed by atoms with E-state index in [1.54, 1.807) is 56.8 Å². The van der Waals surface area contributed by atoms with E-state index in [0.717, 1.165) is 17.0 Å². The van der Waals surface area contributed by atoms with E-state index in [2.05, 4.69) is 15.6 Å². The minimum atomic E-state index is -0.282. The van der Waals surface area contributed by atoms with E-state index >= 15 is 0 Å². The number of nitrogens with zero attached hydrogens (tertiary/aromatic N) is 2. The molecule has 0 fully saturated rings. The van der Waals surface area contributed by atoms with Crippen LogP contribution in [0.15, 0.2) is 79.1 Å². The van der Waals surface area contributed by atoms with Crippen molar-refractivity contribution < 1.29 is 19.1 Å². The topological polar surface area (TPSA) is 94.5 Å². The maximum absolute atomic E-state index is 12.9. The SMILES string of the molecule is COc1ccc(CCNC(=O)c2ccccc2NC(=O)c2ccc(Cn3ccnc3C)cc2)cc1OC. The Morgan fingerprint density at radius 1 is 0.892 bits per heavy atom. The van der Waals surface area contributed by atoms with Gasteiger partial charge in [-0.3, -0.25) is 9.59 Å². The highest BCUT2D eigenvalue weighted by Gasteiger charge is 2.14. The fourth-order valence-corrected chi connectivity index (χ4v) is 3.97. The van der Waals surface area contributed by atoms with E-state index < -0.39 is 0 Å². The summed E-state index contributed by atoms with van der Waals surface area (Å²) in [5.74, 6) is 1.69. The van der Waals surface area contributed by atoms with Gasteiger partial charge in [-0.25, -0.2) is 4.98 Å². The first-order chi connectivity index (χ1) is 18.0. The second-order valence-corrected chi connectivity index (χ2v) is 8.49. The van der Waals surface area contributed by atoms with Gasteiger partial charge in [-0.1, -0.05) is 30.3 Å². The molecule has 3 aromatic carbocycles. The molecule has 2 N–H and O–H groups in total. The molecule has 0 saturated heterocycles. The molecule has 2 amide bonds. The first-order valence-corrected chi connectivity index (χ1v) is 11.9. The fraction of sp³-hybridized carbons (Fsp3) is 0.207. The van der Waals surface area contributed by atoms with Crippen molar-refractivity contribution in [3.63, 3.8) is 0 Å². The van der Waals surface area contributed by atoms with Crippen molar-refractivity contribution >= 4 is 17.5 Å². The first kappa shape index (κ1) is 25.5. The molecule has 0 aliphatic carbocycles. The number of rotatable bonds is 10. The van der Waals surface area contributed by atoms with E-state index in [-0.39, 0.29) is 11.8 Å². The third-order valence-corrected chi connectivity index (χ3v) is 6.06. The van der Waals surface area contributed by atoms with Gasteiger partial charge in [-0.15, -0.1) is 0 Å². The van der Waals surface area contributed by atoms with Gasteiger partial charge in [0.05, 0.1) is 25.5 Å². The van der Waals surface area contributed by atoms with Gasteiger partial charge in [0.15, 0.2) is 11.5 Å². The Morgan fingerprint density at radius 3 is 2.32 bits per heavy atom. The summed E-state index contributed by atoms with van der Waals surface area (Å²) < 4.78 is 12.6. The zero-order chi connectivity index (χ0) is 26.2. The van der Waals surface area contributed by atoms with Crippen LogP contribution in [0.2, 0.25) is 0 Å². The molecule has 0 aliphatic heterocycles. The summed E-state index contributed by atoms with van der Waals surface area (Å²) in [6.07, 6.45) is 4.30. The third-order valence-electron chi connectivity index (χ3n) is 6.06. The minimum absolute atomic E-state index is 0.262. The van der Waals surface area contributed by atoms with Crippen LogP contribution in [0.4, 0.5) is 5.69 Å². The van der Waals surface area contributed by atoms with Gasteiger partial charge in [-0.2, -0.15) is 0 Å². The van der Waals surface area contributed by atoms with Crippen molar-refractivity contribution in [1.82, 2.24) is 14.9 Å². The second kappa shape index (κ2) is 11.9. The highest BCUT2D eigenvalue weighted by atomic mass is 16.5. The lowest BCUT2D eigenvalue weighted by Crippen LogP contribution is -2.27. The van der Waals surface area contributed by atoms with Crippen LogP contribution >= 0.6 is 0 Å². The quantitative estimate of drug-likeness (QED) is 0.336. The molecule has 0 aliphatic rings. The summed E-state index contributed by atoms with van der Waals surface area (Å²) in [7, 11) is 3.18. The predicted octanol–water partition coefficient (Wildman–Crippen LogP) is 4.48. The number of aromatic nitrogens is 2. The summed E-state index contributed by atoms with van der Waals surface area (Å²) in [4.78, 5) is 30.0. The van der Waals surface area contributed by atoms with Crippen molar-refractivity contribution in [2.24, 2.45) is 0 Å². The molecule has 4 rings (SSSR count). The van der Waals surface area contributed by atoms with Crippen LogP contribution in [-0.4, -0.2) is 42.1 Å². The maximum atomic E-state index is 12.9. The van der Waals surface area contributed by atoms with Crippen LogP contribution in [-0.2, 0) is 13.0 Å². The molecular weight excluding hydrogens is 468 g/mol. The van der Waals surface area contributed by atoms with Crippen LogP contribution < -0.4 is 20.1 Å². The van der Waals surface area contributed by atoms with Crippen LogP contribution in [0.3, 0.4) is 0 Å². The number of methoxy groups -OCH3 is 2. The summed E-state index contributed by atoms with van der Waals surface area (Å²) in [5.41, 5.74) is 3.43. The Kier molecular flexibility index (Phi) is 8.20. The highest BCUT2D eigenvalue weighted by Crippen LogP contribution is 2.27. The number of carbonyl (C=O) groups is 2. The molecular formula is C29H30N4O4. The third kappa shape index (κ3) is 6.35. The first-order valence-electron chi connectivity index (χ1n) is 11.9. The number of anilines is 1. The Hall–Kier alpha value is -4.59. The lowest BCUT2D eigenvalue weighted by Gasteiger charge is -2.13. The average Bonchev–Trinajstić information content (AvgIpc) is 3.33. The van der Waals surface area contributed by atoms with Crippen molar-refractivity contribution in [2.75, 3.05) is 26.1 Å². The smallest absolute Gasteiger partial charge is 0.255 e. The van der Waals surface area contributed by atoms with Crippen molar-refractivity contribution in [1.29, 1.82) is 0 Å². The lowest BCUT2D eigenvalue weighted by atomic mass is 10.1. The molecule has 8 heteroatoms. The molecule has 0 atom stereocenters. The average molecular weight is 499 g/mol. The number of para-hydroxylation sites is 1. The lowest BCUT2D eigenvalue weighted by molar-refractivity contribution is 0.0955. The Morgan fingerprint density at radius 2 is 1.62 bits per heavy atom. The molecule has 8 nitrogen and oxygen atoms in total. The maximum Gasteiger partial charge on any atom is 0.255 e. The molecule has 0 unspecified atom stereocenters. The van der Waals surface area contributed by atoms with Gasteiger partial charge in [0, 0.05) is 31.0 Å². The van der Waals surface area contributed by atoms with Gasteiger partial charge in [0.1, 0.15) is 5.82 Å². The van der Waals surface area contributed by atoms with E-state index in [1.807, 2.05) is 48.0 Å². The summed E-state index contributed by atoms with van der Waals surface area (Å²) in [5, 5.41) is 5.80. The number of nitrogens with one attached hydrogen (secondary N) is 2. The summed E-state index contributed by atoms with van der Waals surface area (Å²) in [6.45, 7) is 3.06. The molecule has 0 saturated carbocycles. The van der Waals surface area contributed by atoms with Gasteiger partial charge in [0.2, 0.25) is 0 Å². The molecule has 37 heavy (non-hydrogen) atoms. The zero-order valence-corrected chi connectivity index (χ0v) is 21.2. The molecule has 190 valence electrons. The molecule has 4 aromatic rings. The molecule has 1 heterocycles. The van der Waals surface area contributed by atoms with Gasteiger partial charge >= 0.3 is 0 Å². The molecule has 0 bridgehead atoms. The van der Waals surface area contributed by atoms with E-state index in [1.165, 1.54) is 0 Å². The standard InChI is InChI=1S/C29H30N4O4/c1-20-30-16-17-33(20)19-22-8-11-23(12-9-22)28(34)32-25-7-5-4-6-24(25)29(35)31-15-14-21-10-13-26(36-2)27(18-21)37-3/h4-13,16-18H,14-15,19H2,1-3H3,(H,31,35)(H,32,34). The number of ether oxygens (including phenoxy) is 2. The van der Waals surface area contributed by atoms with E-state index in [9.17, 15) is 9.59 Å². The second-order valence-electron chi connectivity index (χ2n) is 8.49. The van der Waals surface area contributed by atoms with Crippen LogP contribution in [0, 0.1) is 6.92 Å². The van der Waals surface area contributed by atoms with Crippen molar-refractivity contribution in [3.8, 4) is 11.5 Å². The molecule has 0 radical (unpaired) electrons. The molecule has 0 spiro atoms. The Labute approximate surface area is 216 Å². The number of hydrogen-bond acceptors (Lipinski definition) is 5. The van der Waals surface area contributed by atoms with Crippen LogP contribution in [0.25, 0.3) is 0 Å². The number of aryl methyl sites for hydroxylation is 1. The fourth-order valence-electron chi connectivity index (χ4n) is 3.97. The number of imidazole rings is 1. The number of hydrogen-bond donors (Lipinski definition) is 2. The van der Waals surface area contributed by atoms with E-state index in [0.29, 0.717) is 47.8 Å². The largest absolute Gasteiger partial charge is 0.493 e. The number of carbonyl (C=O) groups excluding carboxylic acids is 2. The summed E-state index contributed by atoms with van der Waals surface area (Å²) in [6, 6.07) is 20.0. The molecule has 1 aromatic heterocycles.